The number of amidine groups is 1. The minimum Gasteiger partial charge on any atom is -0.295 e. The van der Waals surface area contributed by atoms with Crippen LogP contribution >= 0.6 is 0 Å². The second-order valence-electron chi connectivity index (χ2n) is 12.9. The van der Waals surface area contributed by atoms with Crippen LogP contribution in [0.1, 0.15) is 39.3 Å². The normalized spacial score (nSPS) is 16.3. The molecule has 1 unspecified atom stereocenters. The largest absolute Gasteiger partial charge is 0.295 e. The molecule has 6 aromatic carbocycles. The lowest BCUT2D eigenvalue weighted by molar-refractivity contribution is 0.625. The van der Waals surface area contributed by atoms with E-state index < -0.39 is 0 Å². The number of halogens is 2. The Morgan fingerprint density at radius 3 is 1.62 bits per heavy atom. The van der Waals surface area contributed by atoms with E-state index in [1.165, 1.54) is 6.07 Å². The molecule has 8 bridgehead atoms. The zero-order chi connectivity index (χ0) is 35.0. The summed E-state index contributed by atoms with van der Waals surface area (Å²) in [5.74, 6) is -0.515. The Bertz CT molecular complexity index is 2330. The monoisotopic (exact) mass is 675 g/mol. The van der Waals surface area contributed by atoms with Gasteiger partial charge in [-0.25, -0.2) is 13.8 Å². The highest BCUT2D eigenvalue weighted by atomic mass is 19.1. The van der Waals surface area contributed by atoms with Crippen molar-refractivity contribution in [3.05, 3.63) is 238 Å². The van der Waals surface area contributed by atoms with Gasteiger partial charge in [0, 0.05) is 16.8 Å². The fourth-order valence-corrected chi connectivity index (χ4v) is 7.37. The number of hydrogen-bond donors (Lipinski definition) is 0. The SMILES string of the molecule is Fc1cc2cc(c1)C(c1ccccc1)C1=NC(=C(c3ccccc3)c3cc(F)cc(c3)N(c3ccccc3)C3=NC(=C2c2ccccc2)C=C3)C=C1. The third-order valence-corrected chi connectivity index (χ3v) is 9.57. The van der Waals surface area contributed by atoms with Gasteiger partial charge in [-0.15, -0.1) is 0 Å². The summed E-state index contributed by atoms with van der Waals surface area (Å²) in [5.41, 5.74) is 10.0. The zero-order valence-electron chi connectivity index (χ0n) is 28.0. The zero-order valence-corrected chi connectivity index (χ0v) is 28.0. The Labute approximate surface area is 301 Å². The molecule has 3 nitrogen and oxygen atoms in total. The van der Waals surface area contributed by atoms with E-state index in [0.29, 0.717) is 34.0 Å². The van der Waals surface area contributed by atoms with Crippen LogP contribution in [0.25, 0.3) is 11.1 Å². The fourth-order valence-electron chi connectivity index (χ4n) is 7.37. The number of fused-ring (bicyclic) bond motifs is 6. The number of anilines is 2. The van der Waals surface area contributed by atoms with Gasteiger partial charge in [-0.1, -0.05) is 109 Å². The topological polar surface area (TPSA) is 28.0 Å². The van der Waals surface area contributed by atoms with Crippen molar-refractivity contribution in [2.75, 3.05) is 4.90 Å². The Morgan fingerprint density at radius 2 is 0.962 bits per heavy atom. The van der Waals surface area contributed by atoms with E-state index in [-0.39, 0.29) is 17.6 Å². The van der Waals surface area contributed by atoms with Crippen LogP contribution < -0.4 is 4.90 Å². The van der Waals surface area contributed by atoms with Gasteiger partial charge < -0.3 is 0 Å². The smallest absolute Gasteiger partial charge is 0.138 e. The van der Waals surface area contributed by atoms with E-state index in [2.05, 4.69) is 6.07 Å². The Hall–Kier alpha value is -6.72. The first-order chi connectivity index (χ1) is 25.6. The minimum absolute atomic E-state index is 0.352. The fraction of sp³-hybridized carbons (Fsp3) is 0.0213. The Kier molecular flexibility index (Phi) is 7.94. The van der Waals surface area contributed by atoms with Crippen LogP contribution in [-0.4, -0.2) is 11.5 Å². The van der Waals surface area contributed by atoms with Gasteiger partial charge in [0.25, 0.3) is 0 Å². The average molecular weight is 676 g/mol. The van der Waals surface area contributed by atoms with E-state index in [0.717, 1.165) is 44.8 Å². The lowest BCUT2D eigenvalue weighted by atomic mass is 9.84. The number of benzene rings is 6. The van der Waals surface area contributed by atoms with Crippen LogP contribution in [0.3, 0.4) is 0 Å². The van der Waals surface area contributed by atoms with Gasteiger partial charge in [-0.3, -0.25) is 9.89 Å². The lowest BCUT2D eigenvalue weighted by Gasteiger charge is -2.25. The highest BCUT2D eigenvalue weighted by molar-refractivity contribution is 6.14. The second-order valence-corrected chi connectivity index (χ2v) is 12.9. The molecule has 1 atom stereocenters. The van der Waals surface area contributed by atoms with Gasteiger partial charge in [-0.2, -0.15) is 0 Å². The van der Waals surface area contributed by atoms with E-state index in [1.807, 2.05) is 157 Å². The molecule has 0 aromatic heterocycles. The molecule has 6 aromatic rings. The number of hydrogen-bond acceptors (Lipinski definition) is 3. The molecule has 0 amide bonds. The summed E-state index contributed by atoms with van der Waals surface area (Å²) in [6.45, 7) is 0. The number of para-hydroxylation sites is 1. The van der Waals surface area contributed by atoms with Crippen molar-refractivity contribution < 1.29 is 8.78 Å². The summed E-state index contributed by atoms with van der Waals surface area (Å²) >= 11 is 0. The molecule has 248 valence electrons. The predicted octanol–water partition coefficient (Wildman–Crippen LogP) is 11.4. The maximum atomic E-state index is 16.1. The number of aliphatic imine (C=N–C) groups is 2. The molecule has 3 aliphatic heterocycles. The van der Waals surface area contributed by atoms with Crippen LogP contribution in [0.2, 0.25) is 0 Å². The Balaban J connectivity index is 1.39. The molecule has 0 fully saturated rings. The summed E-state index contributed by atoms with van der Waals surface area (Å²) in [6.07, 6.45) is 7.88. The van der Waals surface area contributed by atoms with Crippen molar-refractivity contribution in [1.29, 1.82) is 0 Å². The number of nitrogens with zero attached hydrogens (tertiary/aromatic N) is 3. The van der Waals surface area contributed by atoms with Gasteiger partial charge >= 0.3 is 0 Å². The summed E-state index contributed by atoms with van der Waals surface area (Å²) in [6, 6.07) is 50.1. The molecule has 9 rings (SSSR count). The number of allylic oxidation sites excluding steroid dienone is 3. The van der Waals surface area contributed by atoms with Crippen LogP contribution in [-0.2, 0) is 0 Å². The van der Waals surface area contributed by atoms with Crippen LogP contribution in [0.5, 0.6) is 0 Å². The van der Waals surface area contributed by atoms with E-state index in [1.54, 1.807) is 18.2 Å². The van der Waals surface area contributed by atoms with Crippen LogP contribution in [0.4, 0.5) is 20.2 Å². The molecular weight excluding hydrogens is 645 g/mol. The Morgan fingerprint density at radius 1 is 0.423 bits per heavy atom. The summed E-state index contributed by atoms with van der Waals surface area (Å²) in [7, 11) is 0. The molecule has 3 aliphatic rings. The van der Waals surface area contributed by atoms with E-state index >= 15 is 8.78 Å². The quantitative estimate of drug-likeness (QED) is 0.183. The van der Waals surface area contributed by atoms with Gasteiger partial charge in [-0.05, 0) is 106 Å². The molecule has 0 aliphatic carbocycles. The first kappa shape index (κ1) is 31.3. The summed E-state index contributed by atoms with van der Waals surface area (Å²) in [4.78, 5) is 12.4. The highest BCUT2D eigenvalue weighted by Crippen LogP contribution is 2.40. The minimum atomic E-state index is -0.384. The molecule has 3 heterocycles. The molecule has 0 radical (unpaired) electrons. The molecule has 0 saturated carbocycles. The third kappa shape index (κ3) is 5.82. The lowest BCUT2D eigenvalue weighted by Crippen LogP contribution is -2.23. The molecule has 5 heteroatoms. The van der Waals surface area contributed by atoms with Crippen molar-refractivity contribution in [1.82, 2.24) is 0 Å². The third-order valence-electron chi connectivity index (χ3n) is 9.57. The maximum absolute atomic E-state index is 16.1. The molecule has 0 N–H and O–H groups in total. The van der Waals surface area contributed by atoms with Gasteiger partial charge in [0.05, 0.1) is 28.7 Å². The van der Waals surface area contributed by atoms with Gasteiger partial charge in [0.1, 0.15) is 17.5 Å². The van der Waals surface area contributed by atoms with Crippen molar-refractivity contribution in [3.63, 3.8) is 0 Å². The van der Waals surface area contributed by atoms with Crippen molar-refractivity contribution in [3.8, 4) is 0 Å². The molecule has 52 heavy (non-hydrogen) atoms. The van der Waals surface area contributed by atoms with E-state index in [9.17, 15) is 0 Å². The standard InChI is InChI=1S/C47H31F2N3/c48-37-26-34-25-35(27-37)46(32-15-7-2-8-16-32)43-23-24-44(51-43)52(39-19-11-4-12-20-39)40-29-36(28-38(49)30-40)47(33-17-9-3-10-18-33)42-22-21-41(50-42)45(34)31-13-5-1-6-14-31/h1-30,45H. The average Bonchev–Trinajstić information content (AvgIpc) is 3.84. The first-order valence-electron chi connectivity index (χ1n) is 17.2. The van der Waals surface area contributed by atoms with Crippen molar-refractivity contribution in [2.45, 2.75) is 5.92 Å². The first-order valence-corrected chi connectivity index (χ1v) is 17.2. The molecule has 0 saturated heterocycles. The highest BCUT2D eigenvalue weighted by Gasteiger charge is 2.28. The van der Waals surface area contributed by atoms with Gasteiger partial charge in [0.15, 0.2) is 0 Å². The molecule has 0 spiro atoms. The summed E-state index contributed by atoms with van der Waals surface area (Å²) in [5, 5.41) is 0. The van der Waals surface area contributed by atoms with Gasteiger partial charge in [0.2, 0.25) is 0 Å². The van der Waals surface area contributed by atoms with E-state index in [4.69, 9.17) is 9.98 Å². The molecular formula is C47H31F2N3. The van der Waals surface area contributed by atoms with Crippen molar-refractivity contribution in [2.24, 2.45) is 9.98 Å². The predicted molar refractivity (Wildman–Crippen MR) is 208 cm³/mol. The number of rotatable bonds is 4. The van der Waals surface area contributed by atoms with Crippen LogP contribution in [0, 0.1) is 11.6 Å². The van der Waals surface area contributed by atoms with Crippen molar-refractivity contribution >= 4 is 34.1 Å². The maximum Gasteiger partial charge on any atom is 0.138 e. The summed E-state index contributed by atoms with van der Waals surface area (Å²) < 4.78 is 32.1. The van der Waals surface area contributed by atoms with Crippen LogP contribution in [0.15, 0.2) is 203 Å². The second kappa shape index (κ2) is 13.2.